The Kier molecular flexibility index (Phi) is 6.99. The molecule has 2 atom stereocenters. The number of rotatable bonds is 7. The van der Waals surface area contributed by atoms with Crippen LogP contribution in [-0.2, 0) is 9.05 Å². The first kappa shape index (κ1) is 21.6. The molecule has 7 heteroatoms. The predicted molar refractivity (Wildman–Crippen MR) is 123 cm³/mol. The van der Waals surface area contributed by atoms with Gasteiger partial charge in [-0.1, -0.05) is 18.6 Å². The van der Waals surface area contributed by atoms with E-state index in [4.69, 9.17) is 9.05 Å². The lowest BCUT2D eigenvalue weighted by Gasteiger charge is -2.47. The second-order valence-electron chi connectivity index (χ2n) is 8.13. The topological polar surface area (TPSA) is 56.6 Å². The van der Waals surface area contributed by atoms with E-state index in [1.807, 2.05) is 48.5 Å². The fourth-order valence-corrected chi connectivity index (χ4v) is 5.97. The van der Waals surface area contributed by atoms with Crippen LogP contribution < -0.4 is 5.56 Å². The van der Waals surface area contributed by atoms with Crippen molar-refractivity contribution in [3.8, 4) is 0 Å². The Morgan fingerprint density at radius 3 is 2.43 bits per heavy atom. The zero-order chi connectivity index (χ0) is 21.1. The first-order valence-electron chi connectivity index (χ1n) is 11.1. The molecule has 4 rings (SSSR count). The molecule has 2 bridgehead atoms. The zero-order valence-corrected chi connectivity index (χ0v) is 19.1. The first-order valence-corrected chi connectivity index (χ1v) is 12.3. The van der Waals surface area contributed by atoms with Crippen LogP contribution in [0.5, 0.6) is 0 Å². The number of hydrogen-bond acceptors (Lipinski definition) is 5. The number of nitrogens with zero attached hydrogens (tertiary/aromatic N) is 3. The maximum atomic E-state index is 13.6. The van der Waals surface area contributed by atoms with Crippen LogP contribution in [0.1, 0.15) is 57.7 Å². The number of hydrogen-bond donors (Lipinski definition) is 0. The molecule has 0 saturated carbocycles. The Bertz CT molecular complexity index is 940. The number of fused-ring (bicyclic) bond motifs is 3. The summed E-state index contributed by atoms with van der Waals surface area (Å²) in [6.07, 6.45) is 7.58. The van der Waals surface area contributed by atoms with Crippen molar-refractivity contribution < 1.29 is 9.05 Å². The summed E-state index contributed by atoms with van der Waals surface area (Å²) in [6.45, 7) is 5.04. The van der Waals surface area contributed by atoms with Crippen LogP contribution in [0.4, 0.5) is 0 Å². The van der Waals surface area contributed by atoms with Crippen molar-refractivity contribution in [2.24, 2.45) is 0 Å². The Labute approximate surface area is 179 Å². The summed E-state index contributed by atoms with van der Waals surface area (Å²) >= 11 is 0. The molecule has 0 amide bonds. The predicted octanol–water partition coefficient (Wildman–Crippen LogP) is 4.94. The van der Waals surface area contributed by atoms with Gasteiger partial charge in [0.25, 0.3) is 5.56 Å². The van der Waals surface area contributed by atoms with Crippen LogP contribution in [0.15, 0.2) is 34.9 Å². The fraction of sp³-hybridized carbons (Fsp3) is 0.565. The summed E-state index contributed by atoms with van der Waals surface area (Å²) in [6, 6.07) is 9.32. The van der Waals surface area contributed by atoms with Crippen LogP contribution in [0.25, 0.3) is 17.1 Å². The molecule has 2 aliphatic heterocycles. The van der Waals surface area contributed by atoms with Gasteiger partial charge in [0.1, 0.15) is 5.69 Å². The summed E-state index contributed by atoms with van der Waals surface area (Å²) in [7, 11) is 1.09. The van der Waals surface area contributed by atoms with E-state index < -0.39 is 8.38 Å². The number of piperidine rings is 2. The van der Waals surface area contributed by atoms with E-state index in [-0.39, 0.29) is 11.6 Å². The SMILES string of the molecule is CCOP(/C=C/c1nc2ccccc2n(C2CC3CCCC(C2)N3C)c1=O)OCC. The summed E-state index contributed by atoms with van der Waals surface area (Å²) < 4.78 is 13.3. The van der Waals surface area contributed by atoms with Crippen LogP contribution in [-0.4, -0.2) is 46.8 Å². The average Bonchev–Trinajstić information content (AvgIpc) is 2.72. The monoisotopic (exact) mass is 429 g/mol. The highest BCUT2D eigenvalue weighted by Crippen LogP contribution is 2.40. The van der Waals surface area contributed by atoms with Gasteiger partial charge in [-0.25, -0.2) is 4.98 Å². The van der Waals surface area contributed by atoms with Gasteiger partial charge in [0.05, 0.1) is 24.2 Å². The van der Waals surface area contributed by atoms with Crippen LogP contribution >= 0.6 is 8.38 Å². The molecular weight excluding hydrogens is 397 g/mol. The van der Waals surface area contributed by atoms with E-state index in [1.54, 1.807) is 6.08 Å². The lowest BCUT2D eigenvalue weighted by molar-refractivity contribution is 0.0402. The van der Waals surface area contributed by atoms with E-state index in [2.05, 4.69) is 16.9 Å². The summed E-state index contributed by atoms with van der Waals surface area (Å²) in [5.74, 6) is 1.86. The Balaban J connectivity index is 1.74. The van der Waals surface area contributed by atoms with Crippen LogP contribution in [0, 0.1) is 0 Å². The second-order valence-corrected chi connectivity index (χ2v) is 9.51. The molecular formula is C23H32N3O3P. The van der Waals surface area contributed by atoms with Crippen molar-refractivity contribution in [1.82, 2.24) is 14.5 Å². The van der Waals surface area contributed by atoms with Gasteiger partial charge in [0.2, 0.25) is 0 Å². The van der Waals surface area contributed by atoms with Crippen LogP contribution in [0.3, 0.4) is 0 Å². The first-order chi connectivity index (χ1) is 14.6. The quantitative estimate of drug-likeness (QED) is 0.584. The molecule has 0 spiro atoms. The van der Waals surface area contributed by atoms with Crippen molar-refractivity contribution >= 4 is 25.5 Å². The molecule has 6 nitrogen and oxygen atoms in total. The molecule has 2 saturated heterocycles. The maximum Gasteiger partial charge on any atom is 0.277 e. The summed E-state index contributed by atoms with van der Waals surface area (Å²) in [5, 5.41) is 0. The van der Waals surface area contributed by atoms with Crippen molar-refractivity contribution in [2.75, 3.05) is 20.3 Å². The summed E-state index contributed by atoms with van der Waals surface area (Å²) in [5.41, 5.74) is 2.24. The highest BCUT2D eigenvalue weighted by molar-refractivity contribution is 7.51. The molecule has 3 heterocycles. The number of para-hydroxylation sites is 2. The third-order valence-electron chi connectivity index (χ3n) is 6.37. The van der Waals surface area contributed by atoms with Crippen molar-refractivity contribution in [3.05, 3.63) is 46.1 Å². The second kappa shape index (κ2) is 9.69. The minimum absolute atomic E-state index is 0.0134. The standard InChI is InChI=1S/C23H32N3O3P/c1-4-28-30(29-5-2)14-13-21-23(27)26(22-12-7-6-11-20(22)24-21)19-15-17-9-8-10-18(16-19)25(17)3/h6-7,11-14,17-19H,4-5,8-10,15-16H2,1-3H3/b14-13+. The van der Waals surface area contributed by atoms with Crippen molar-refractivity contribution in [3.63, 3.8) is 0 Å². The molecule has 2 aliphatic rings. The Morgan fingerprint density at radius 2 is 1.77 bits per heavy atom. The third-order valence-corrected chi connectivity index (χ3v) is 7.78. The van der Waals surface area contributed by atoms with Crippen molar-refractivity contribution in [2.45, 2.75) is 64.1 Å². The maximum absolute atomic E-state index is 13.6. The highest BCUT2D eigenvalue weighted by Gasteiger charge is 2.37. The van der Waals surface area contributed by atoms with Gasteiger partial charge in [-0.3, -0.25) is 4.79 Å². The van der Waals surface area contributed by atoms with E-state index in [0.717, 1.165) is 23.9 Å². The van der Waals surface area contributed by atoms with Gasteiger partial charge in [-0.2, -0.15) is 0 Å². The number of benzene rings is 1. The zero-order valence-electron chi connectivity index (χ0n) is 18.2. The lowest BCUT2D eigenvalue weighted by atomic mass is 9.82. The fourth-order valence-electron chi connectivity index (χ4n) is 4.95. The van der Waals surface area contributed by atoms with E-state index >= 15 is 0 Å². The van der Waals surface area contributed by atoms with Gasteiger partial charge in [-0.15, -0.1) is 0 Å². The molecule has 0 radical (unpaired) electrons. The molecule has 1 aromatic carbocycles. The van der Waals surface area contributed by atoms with E-state index in [9.17, 15) is 4.79 Å². The smallest absolute Gasteiger partial charge is 0.277 e. The molecule has 2 aromatic rings. The van der Waals surface area contributed by atoms with Gasteiger partial charge in [0.15, 0.2) is 8.38 Å². The average molecular weight is 430 g/mol. The molecule has 30 heavy (non-hydrogen) atoms. The highest BCUT2D eigenvalue weighted by atomic mass is 31.2. The van der Waals surface area contributed by atoms with Gasteiger partial charge >= 0.3 is 0 Å². The van der Waals surface area contributed by atoms with Gasteiger partial charge in [0, 0.05) is 18.1 Å². The number of aromatic nitrogens is 2. The molecule has 1 aromatic heterocycles. The van der Waals surface area contributed by atoms with E-state index in [0.29, 0.717) is 31.0 Å². The largest absolute Gasteiger partial charge is 0.331 e. The molecule has 2 unspecified atom stereocenters. The normalized spacial score (nSPS) is 24.9. The lowest BCUT2D eigenvalue weighted by Crippen LogP contribution is -2.51. The molecule has 0 aliphatic carbocycles. The summed E-state index contributed by atoms with van der Waals surface area (Å²) in [4.78, 5) is 20.8. The van der Waals surface area contributed by atoms with Gasteiger partial charge < -0.3 is 18.5 Å². The molecule has 0 N–H and O–H groups in total. The van der Waals surface area contributed by atoms with Crippen molar-refractivity contribution in [1.29, 1.82) is 0 Å². The molecule has 162 valence electrons. The van der Waals surface area contributed by atoms with E-state index in [1.165, 1.54) is 19.3 Å². The van der Waals surface area contributed by atoms with Gasteiger partial charge in [-0.05, 0) is 70.6 Å². The Hall–Kier alpha value is -1.59. The third kappa shape index (κ3) is 4.38. The molecule has 2 fully saturated rings. The van der Waals surface area contributed by atoms with Crippen LogP contribution in [0.2, 0.25) is 0 Å². The Morgan fingerprint density at radius 1 is 1.10 bits per heavy atom. The minimum atomic E-state index is -1.15. The minimum Gasteiger partial charge on any atom is -0.331 e.